The van der Waals surface area contributed by atoms with E-state index in [1.54, 1.807) is 0 Å². The average Bonchev–Trinajstić information content (AvgIpc) is 2.32. The molecule has 0 fully saturated rings. The van der Waals surface area contributed by atoms with Crippen molar-refractivity contribution in [2.75, 3.05) is 5.73 Å². The lowest BCUT2D eigenvalue weighted by Crippen LogP contribution is -2.02. The summed E-state index contributed by atoms with van der Waals surface area (Å²) in [6.45, 7) is 1.87. The zero-order valence-corrected chi connectivity index (χ0v) is 7.91. The maximum absolute atomic E-state index is 5.57. The van der Waals surface area contributed by atoms with Crippen molar-refractivity contribution in [2.45, 2.75) is 6.92 Å². The van der Waals surface area contributed by atoms with Crippen LogP contribution in [0.1, 0.15) is 5.69 Å². The molecule has 2 aromatic rings. The molecular formula is C6H6BrN5. The Bertz CT molecular complexity index is 435. The third-order valence-corrected chi connectivity index (χ3v) is 2.48. The van der Waals surface area contributed by atoms with Crippen molar-refractivity contribution in [3.63, 3.8) is 0 Å². The van der Waals surface area contributed by atoms with Crippen LogP contribution < -0.4 is 5.73 Å². The number of fused-ring (bicyclic) bond motifs is 1. The van der Waals surface area contributed by atoms with E-state index in [9.17, 15) is 0 Å². The van der Waals surface area contributed by atoms with Crippen molar-refractivity contribution >= 4 is 27.5 Å². The van der Waals surface area contributed by atoms with Crippen LogP contribution in [0.4, 0.5) is 5.95 Å². The number of aryl methyl sites for hydroxylation is 1. The molecule has 0 aromatic carbocycles. The van der Waals surface area contributed by atoms with Gasteiger partial charge in [0.05, 0.1) is 10.2 Å². The minimum atomic E-state index is 0.341. The highest BCUT2D eigenvalue weighted by atomic mass is 79.9. The monoisotopic (exact) mass is 227 g/mol. The van der Waals surface area contributed by atoms with Crippen molar-refractivity contribution in [3.05, 3.63) is 16.5 Å². The summed E-state index contributed by atoms with van der Waals surface area (Å²) in [6.07, 6.45) is 1.41. The van der Waals surface area contributed by atoms with Crippen molar-refractivity contribution < 1.29 is 0 Å². The lowest BCUT2D eigenvalue weighted by atomic mass is 10.5. The number of nitrogens with two attached hydrogens (primary N) is 1. The molecular weight excluding hydrogens is 222 g/mol. The summed E-state index contributed by atoms with van der Waals surface area (Å²) >= 11 is 3.36. The summed E-state index contributed by atoms with van der Waals surface area (Å²) in [6, 6.07) is 0. The molecule has 0 unspecified atom stereocenters. The van der Waals surface area contributed by atoms with Crippen LogP contribution in [0, 0.1) is 6.92 Å². The first-order valence-electron chi connectivity index (χ1n) is 3.31. The molecule has 6 heteroatoms. The van der Waals surface area contributed by atoms with E-state index in [1.165, 1.54) is 10.8 Å². The summed E-state index contributed by atoms with van der Waals surface area (Å²) in [7, 11) is 0. The molecule has 12 heavy (non-hydrogen) atoms. The molecule has 0 aliphatic heterocycles. The SMILES string of the molecule is Cc1nn2c(N)ncnc2c1Br. The Balaban J connectivity index is 2.95. The van der Waals surface area contributed by atoms with Crippen LogP contribution in [0.2, 0.25) is 0 Å². The van der Waals surface area contributed by atoms with Gasteiger partial charge in [0.2, 0.25) is 5.95 Å². The maximum Gasteiger partial charge on any atom is 0.224 e. The summed E-state index contributed by atoms with van der Waals surface area (Å²) in [5.74, 6) is 0.341. The van der Waals surface area contributed by atoms with Gasteiger partial charge in [-0.1, -0.05) is 0 Å². The fraction of sp³-hybridized carbons (Fsp3) is 0.167. The van der Waals surface area contributed by atoms with E-state index in [1.807, 2.05) is 6.92 Å². The Morgan fingerprint density at radius 3 is 2.92 bits per heavy atom. The first-order valence-corrected chi connectivity index (χ1v) is 4.11. The van der Waals surface area contributed by atoms with Crippen LogP contribution in [-0.4, -0.2) is 19.6 Å². The van der Waals surface area contributed by atoms with Gasteiger partial charge < -0.3 is 5.73 Å². The molecule has 2 N–H and O–H groups in total. The lowest BCUT2D eigenvalue weighted by Gasteiger charge is -1.93. The normalized spacial score (nSPS) is 10.8. The van der Waals surface area contributed by atoms with Gasteiger partial charge >= 0.3 is 0 Å². The van der Waals surface area contributed by atoms with Crippen LogP contribution in [0.15, 0.2) is 10.8 Å². The number of nitrogens with zero attached hydrogens (tertiary/aromatic N) is 4. The number of nitrogen functional groups attached to an aromatic ring is 1. The molecule has 62 valence electrons. The predicted octanol–water partition coefficient (Wildman–Crippen LogP) is 0.777. The lowest BCUT2D eigenvalue weighted by molar-refractivity contribution is 0.892. The Labute approximate surface area is 76.7 Å². The second-order valence-electron chi connectivity index (χ2n) is 2.37. The maximum atomic E-state index is 5.57. The van der Waals surface area contributed by atoms with Gasteiger partial charge in [0, 0.05) is 0 Å². The molecule has 0 spiro atoms. The number of hydrogen-bond acceptors (Lipinski definition) is 4. The molecule has 2 rings (SSSR count). The van der Waals surface area contributed by atoms with Gasteiger partial charge in [-0.3, -0.25) is 0 Å². The largest absolute Gasteiger partial charge is 0.368 e. The van der Waals surface area contributed by atoms with E-state index in [0.29, 0.717) is 11.6 Å². The Morgan fingerprint density at radius 2 is 2.25 bits per heavy atom. The highest BCUT2D eigenvalue weighted by Crippen LogP contribution is 2.20. The summed E-state index contributed by atoms with van der Waals surface area (Å²) in [5, 5.41) is 4.13. The Hall–Kier alpha value is -1.17. The predicted molar refractivity (Wildman–Crippen MR) is 47.6 cm³/mol. The molecule has 0 aliphatic rings. The van der Waals surface area contributed by atoms with E-state index < -0.39 is 0 Å². The fourth-order valence-corrected chi connectivity index (χ4v) is 1.31. The van der Waals surface area contributed by atoms with Gasteiger partial charge in [-0.05, 0) is 22.9 Å². The van der Waals surface area contributed by atoms with E-state index in [-0.39, 0.29) is 0 Å². The average molecular weight is 228 g/mol. The molecule has 2 heterocycles. The molecule has 0 radical (unpaired) electrons. The smallest absolute Gasteiger partial charge is 0.224 e. The Kier molecular flexibility index (Phi) is 1.50. The van der Waals surface area contributed by atoms with Crippen LogP contribution in [0.25, 0.3) is 5.65 Å². The van der Waals surface area contributed by atoms with Gasteiger partial charge in [-0.25, -0.2) is 9.97 Å². The fourth-order valence-electron chi connectivity index (χ4n) is 0.965. The summed E-state index contributed by atoms with van der Waals surface area (Å²) in [5.41, 5.74) is 7.11. The number of rotatable bonds is 0. The van der Waals surface area contributed by atoms with Crippen molar-refractivity contribution in [2.24, 2.45) is 0 Å². The highest BCUT2D eigenvalue weighted by molar-refractivity contribution is 9.10. The molecule has 0 saturated carbocycles. The van der Waals surface area contributed by atoms with Crippen LogP contribution in [0.3, 0.4) is 0 Å². The van der Waals surface area contributed by atoms with Crippen molar-refractivity contribution in [3.8, 4) is 0 Å². The highest BCUT2D eigenvalue weighted by Gasteiger charge is 2.08. The Morgan fingerprint density at radius 1 is 1.50 bits per heavy atom. The first-order chi connectivity index (χ1) is 5.70. The van der Waals surface area contributed by atoms with Gasteiger partial charge in [0.1, 0.15) is 6.33 Å². The molecule has 0 aliphatic carbocycles. The van der Waals surface area contributed by atoms with Gasteiger partial charge in [0.15, 0.2) is 5.65 Å². The van der Waals surface area contributed by atoms with Crippen LogP contribution in [0.5, 0.6) is 0 Å². The van der Waals surface area contributed by atoms with Crippen molar-refractivity contribution in [1.82, 2.24) is 19.6 Å². The standard InChI is InChI=1S/C6H6BrN5/c1-3-4(7)5-9-2-10-6(8)12(5)11-3/h2H,1H3,(H2,8,9,10). The zero-order valence-electron chi connectivity index (χ0n) is 6.32. The van der Waals surface area contributed by atoms with Gasteiger partial charge in [-0.15, -0.1) is 0 Å². The zero-order chi connectivity index (χ0) is 8.72. The topological polar surface area (TPSA) is 69.1 Å². The number of aromatic nitrogens is 4. The minimum absolute atomic E-state index is 0.341. The third kappa shape index (κ3) is 0.878. The molecule has 0 atom stereocenters. The summed E-state index contributed by atoms with van der Waals surface area (Å²) in [4.78, 5) is 7.83. The van der Waals surface area contributed by atoms with Crippen LogP contribution >= 0.6 is 15.9 Å². The van der Waals surface area contributed by atoms with Crippen LogP contribution in [-0.2, 0) is 0 Å². The quantitative estimate of drug-likeness (QED) is 0.723. The molecule has 0 saturated heterocycles. The molecule has 0 bridgehead atoms. The second kappa shape index (κ2) is 2.41. The van der Waals surface area contributed by atoms with Crippen molar-refractivity contribution in [1.29, 1.82) is 0 Å². The van der Waals surface area contributed by atoms with Gasteiger partial charge in [-0.2, -0.15) is 9.61 Å². The van der Waals surface area contributed by atoms with E-state index in [4.69, 9.17) is 5.73 Å². The minimum Gasteiger partial charge on any atom is -0.368 e. The van der Waals surface area contributed by atoms with E-state index in [0.717, 1.165) is 10.2 Å². The second-order valence-corrected chi connectivity index (χ2v) is 3.16. The molecule has 5 nitrogen and oxygen atoms in total. The molecule has 2 aromatic heterocycles. The molecule has 0 amide bonds. The number of anilines is 1. The van der Waals surface area contributed by atoms with E-state index >= 15 is 0 Å². The van der Waals surface area contributed by atoms with Gasteiger partial charge in [0.25, 0.3) is 0 Å². The number of hydrogen-bond donors (Lipinski definition) is 1. The summed E-state index contributed by atoms with van der Waals surface area (Å²) < 4.78 is 2.36. The van der Waals surface area contributed by atoms with E-state index in [2.05, 4.69) is 31.0 Å². The number of halogens is 1. The first kappa shape index (κ1) is 7.48. The third-order valence-electron chi connectivity index (χ3n) is 1.55.